The molecular weight excluding hydrogens is 297 g/mol. The molecular formula is C12H14FN5O2S. The molecule has 1 atom stereocenters. The molecule has 0 spiro atoms. The van der Waals surface area contributed by atoms with Crippen molar-refractivity contribution in [1.82, 2.24) is 20.2 Å². The van der Waals surface area contributed by atoms with Crippen molar-refractivity contribution in [2.75, 3.05) is 17.2 Å². The van der Waals surface area contributed by atoms with Gasteiger partial charge in [0.1, 0.15) is 5.82 Å². The van der Waals surface area contributed by atoms with E-state index in [0.717, 1.165) is 0 Å². The van der Waals surface area contributed by atoms with Crippen LogP contribution in [0.4, 0.5) is 10.1 Å². The van der Waals surface area contributed by atoms with Crippen molar-refractivity contribution in [2.24, 2.45) is 0 Å². The Balaban J connectivity index is 2.04. The van der Waals surface area contributed by atoms with E-state index in [1.807, 2.05) is 0 Å². The Labute approximate surface area is 120 Å². The molecule has 3 rings (SSSR count). The van der Waals surface area contributed by atoms with Crippen molar-refractivity contribution in [3.05, 3.63) is 23.5 Å². The van der Waals surface area contributed by atoms with Gasteiger partial charge in [-0.3, -0.25) is 0 Å². The normalized spacial score (nSPS) is 20.8. The van der Waals surface area contributed by atoms with Gasteiger partial charge < -0.3 is 5.73 Å². The van der Waals surface area contributed by atoms with Gasteiger partial charge in [0.15, 0.2) is 15.7 Å². The van der Waals surface area contributed by atoms with Gasteiger partial charge >= 0.3 is 0 Å². The molecule has 112 valence electrons. The second-order valence-corrected chi connectivity index (χ2v) is 7.40. The van der Waals surface area contributed by atoms with Crippen molar-refractivity contribution in [3.8, 4) is 11.4 Å². The molecule has 2 aromatic rings. The van der Waals surface area contributed by atoms with E-state index in [4.69, 9.17) is 5.73 Å². The van der Waals surface area contributed by atoms with E-state index >= 15 is 0 Å². The number of nitrogens with zero attached hydrogens (tertiary/aromatic N) is 4. The molecule has 1 aromatic carbocycles. The Morgan fingerprint density at radius 3 is 2.81 bits per heavy atom. The minimum atomic E-state index is -3.06. The van der Waals surface area contributed by atoms with E-state index in [2.05, 4.69) is 15.5 Å². The highest BCUT2D eigenvalue weighted by atomic mass is 32.2. The average molecular weight is 311 g/mol. The smallest absolute Gasteiger partial charge is 0.182 e. The lowest BCUT2D eigenvalue weighted by Crippen LogP contribution is -2.14. The van der Waals surface area contributed by atoms with Crippen LogP contribution < -0.4 is 5.73 Å². The number of halogens is 1. The maximum Gasteiger partial charge on any atom is 0.182 e. The van der Waals surface area contributed by atoms with Crippen LogP contribution in [0.3, 0.4) is 0 Å². The Morgan fingerprint density at radius 2 is 2.19 bits per heavy atom. The first-order valence-corrected chi connectivity index (χ1v) is 8.24. The minimum absolute atomic E-state index is 0.00509. The summed E-state index contributed by atoms with van der Waals surface area (Å²) >= 11 is 0. The molecule has 0 amide bonds. The van der Waals surface area contributed by atoms with E-state index < -0.39 is 15.7 Å². The first-order valence-electron chi connectivity index (χ1n) is 6.41. The van der Waals surface area contributed by atoms with E-state index in [9.17, 15) is 12.8 Å². The van der Waals surface area contributed by atoms with Crippen LogP contribution in [0.25, 0.3) is 11.4 Å². The predicted molar refractivity (Wildman–Crippen MR) is 74.7 cm³/mol. The van der Waals surface area contributed by atoms with Crippen LogP contribution in [0.15, 0.2) is 12.1 Å². The lowest BCUT2D eigenvalue weighted by Gasteiger charge is -2.11. The van der Waals surface area contributed by atoms with Crippen LogP contribution in [0.5, 0.6) is 0 Å². The molecule has 21 heavy (non-hydrogen) atoms. The number of anilines is 1. The van der Waals surface area contributed by atoms with Crippen molar-refractivity contribution in [3.63, 3.8) is 0 Å². The van der Waals surface area contributed by atoms with Crippen molar-refractivity contribution >= 4 is 15.5 Å². The Kier molecular flexibility index (Phi) is 3.16. The summed E-state index contributed by atoms with van der Waals surface area (Å²) in [5.74, 6) is -0.0164. The maximum absolute atomic E-state index is 13.8. The molecule has 2 N–H and O–H groups in total. The molecule has 1 aliphatic rings. The Morgan fingerprint density at radius 1 is 1.43 bits per heavy atom. The standard InChI is InChI=1S/C12H14FN5O2S/c1-7-10(13)4-8(5-11(7)14)12-15-16-17-18(12)9-2-3-21(19,20)6-9/h4-5,9H,2-3,6,14H2,1H3. The monoisotopic (exact) mass is 311 g/mol. The fourth-order valence-electron chi connectivity index (χ4n) is 2.43. The largest absolute Gasteiger partial charge is 0.398 e. The Bertz CT molecular complexity index is 779. The van der Waals surface area contributed by atoms with Gasteiger partial charge in [0.05, 0.1) is 17.5 Å². The summed E-state index contributed by atoms with van der Waals surface area (Å²) in [5, 5.41) is 11.3. The van der Waals surface area contributed by atoms with Gasteiger partial charge in [-0.25, -0.2) is 17.5 Å². The third-order valence-electron chi connectivity index (χ3n) is 3.69. The van der Waals surface area contributed by atoms with Crippen LogP contribution in [-0.2, 0) is 9.84 Å². The van der Waals surface area contributed by atoms with Gasteiger partial charge in [0.2, 0.25) is 0 Å². The first-order chi connectivity index (χ1) is 9.87. The summed E-state index contributed by atoms with van der Waals surface area (Å²) in [6.07, 6.45) is 0.449. The van der Waals surface area contributed by atoms with Crippen LogP contribution in [0.1, 0.15) is 18.0 Å². The maximum atomic E-state index is 13.8. The van der Waals surface area contributed by atoms with E-state index in [-0.39, 0.29) is 17.5 Å². The quantitative estimate of drug-likeness (QED) is 0.820. The number of sulfone groups is 1. The molecule has 1 fully saturated rings. The zero-order valence-electron chi connectivity index (χ0n) is 11.3. The molecule has 9 heteroatoms. The zero-order valence-corrected chi connectivity index (χ0v) is 12.1. The zero-order chi connectivity index (χ0) is 15.2. The second kappa shape index (κ2) is 4.76. The number of benzene rings is 1. The van der Waals surface area contributed by atoms with E-state index in [0.29, 0.717) is 29.1 Å². The second-order valence-electron chi connectivity index (χ2n) is 5.18. The number of nitrogen functional groups attached to an aromatic ring is 1. The highest BCUT2D eigenvalue weighted by Gasteiger charge is 2.32. The number of nitrogens with two attached hydrogens (primary N) is 1. The Hall–Kier alpha value is -2.03. The van der Waals surface area contributed by atoms with Gasteiger partial charge in [-0.2, -0.15) is 0 Å². The van der Waals surface area contributed by atoms with Crippen LogP contribution >= 0.6 is 0 Å². The summed E-state index contributed by atoms with van der Waals surface area (Å²) < 4.78 is 38.4. The molecule has 2 heterocycles. The molecule has 1 aliphatic heterocycles. The molecule has 1 aromatic heterocycles. The van der Waals surface area contributed by atoms with Crippen molar-refractivity contribution < 1.29 is 12.8 Å². The highest BCUT2D eigenvalue weighted by Crippen LogP contribution is 2.29. The third-order valence-corrected chi connectivity index (χ3v) is 5.44. The lowest BCUT2D eigenvalue weighted by molar-refractivity contribution is 0.489. The number of rotatable bonds is 2. The molecule has 0 radical (unpaired) electrons. The fraction of sp³-hybridized carbons (Fsp3) is 0.417. The summed E-state index contributed by atoms with van der Waals surface area (Å²) in [6, 6.07) is 2.56. The number of aromatic nitrogens is 4. The summed E-state index contributed by atoms with van der Waals surface area (Å²) in [4.78, 5) is 0. The van der Waals surface area contributed by atoms with Gasteiger partial charge in [0, 0.05) is 16.8 Å². The van der Waals surface area contributed by atoms with Crippen molar-refractivity contribution in [2.45, 2.75) is 19.4 Å². The molecule has 0 bridgehead atoms. The summed E-state index contributed by atoms with van der Waals surface area (Å²) in [7, 11) is -3.06. The van der Waals surface area contributed by atoms with Gasteiger partial charge in [-0.05, 0) is 35.9 Å². The van der Waals surface area contributed by atoms with Crippen LogP contribution in [-0.4, -0.2) is 40.1 Å². The SMILES string of the molecule is Cc1c(N)cc(-c2nnnn2C2CCS(=O)(=O)C2)cc1F. The van der Waals surface area contributed by atoms with Crippen LogP contribution in [0.2, 0.25) is 0 Å². The average Bonchev–Trinajstić information content (AvgIpc) is 3.01. The molecule has 1 saturated heterocycles. The number of hydrogen-bond acceptors (Lipinski definition) is 6. The topological polar surface area (TPSA) is 104 Å². The van der Waals surface area contributed by atoms with E-state index in [1.54, 1.807) is 13.0 Å². The van der Waals surface area contributed by atoms with E-state index in [1.165, 1.54) is 10.7 Å². The molecule has 0 aliphatic carbocycles. The summed E-state index contributed by atoms with van der Waals surface area (Å²) in [6.45, 7) is 1.58. The van der Waals surface area contributed by atoms with Gasteiger partial charge in [-0.1, -0.05) is 0 Å². The van der Waals surface area contributed by atoms with Gasteiger partial charge in [0.25, 0.3) is 0 Å². The highest BCUT2D eigenvalue weighted by molar-refractivity contribution is 7.91. The predicted octanol–water partition coefficient (Wildman–Crippen LogP) is 0.729. The first kappa shape index (κ1) is 13.9. The number of hydrogen-bond donors (Lipinski definition) is 1. The molecule has 7 nitrogen and oxygen atoms in total. The molecule has 1 unspecified atom stereocenters. The fourth-order valence-corrected chi connectivity index (χ4v) is 4.12. The summed E-state index contributed by atoms with van der Waals surface area (Å²) in [5.41, 5.74) is 6.86. The number of tetrazole rings is 1. The lowest BCUT2D eigenvalue weighted by atomic mass is 10.1. The minimum Gasteiger partial charge on any atom is -0.398 e. The van der Waals surface area contributed by atoms with Crippen molar-refractivity contribution in [1.29, 1.82) is 0 Å². The molecule has 0 saturated carbocycles. The van der Waals surface area contributed by atoms with Gasteiger partial charge in [-0.15, -0.1) is 5.10 Å². The third kappa shape index (κ3) is 2.48. The van der Waals surface area contributed by atoms with Crippen LogP contribution in [0, 0.1) is 12.7 Å².